The summed E-state index contributed by atoms with van der Waals surface area (Å²) in [6.45, 7) is 8.93. The molecule has 0 aromatic rings. The maximum Gasteiger partial charge on any atom is 0.247 e. The SMILES string of the molecule is CCCCCCCCP(=O)(CCCCCCCC)OC=COP(=O)(CCCCCCCC)CCCCCCCC. The Morgan fingerprint density at radius 2 is 0.550 bits per heavy atom. The molecule has 0 aliphatic carbocycles. The van der Waals surface area contributed by atoms with E-state index >= 15 is 0 Å². The first-order valence-electron chi connectivity index (χ1n) is 17.6. The second-order valence-corrected chi connectivity index (χ2v) is 17.5. The van der Waals surface area contributed by atoms with Gasteiger partial charge in [0.2, 0.25) is 14.7 Å². The molecule has 0 aromatic carbocycles. The van der Waals surface area contributed by atoms with Gasteiger partial charge in [0, 0.05) is 24.6 Å². The van der Waals surface area contributed by atoms with Crippen molar-refractivity contribution in [2.75, 3.05) is 24.6 Å². The quantitative estimate of drug-likeness (QED) is 0.0435. The maximum atomic E-state index is 13.7. The van der Waals surface area contributed by atoms with Crippen molar-refractivity contribution in [3.8, 4) is 0 Å². The average molecular weight is 605 g/mol. The highest BCUT2D eigenvalue weighted by atomic mass is 31.2. The molecule has 40 heavy (non-hydrogen) atoms. The minimum absolute atomic E-state index is 0.644. The molecule has 0 aliphatic heterocycles. The minimum Gasteiger partial charge on any atom is -0.447 e. The van der Waals surface area contributed by atoms with Gasteiger partial charge in [-0.1, -0.05) is 156 Å². The van der Waals surface area contributed by atoms with E-state index in [0.717, 1.165) is 51.4 Å². The summed E-state index contributed by atoms with van der Waals surface area (Å²) >= 11 is 0. The van der Waals surface area contributed by atoms with Crippen LogP contribution in [0.3, 0.4) is 0 Å². The van der Waals surface area contributed by atoms with Crippen LogP contribution in [0, 0.1) is 0 Å². The van der Waals surface area contributed by atoms with Crippen molar-refractivity contribution in [1.29, 1.82) is 0 Å². The highest BCUT2D eigenvalue weighted by Crippen LogP contribution is 2.51. The van der Waals surface area contributed by atoms with Crippen LogP contribution in [-0.2, 0) is 18.2 Å². The molecule has 4 nitrogen and oxygen atoms in total. The van der Waals surface area contributed by atoms with Gasteiger partial charge in [-0.3, -0.25) is 9.13 Å². The van der Waals surface area contributed by atoms with E-state index in [4.69, 9.17) is 9.05 Å². The molecule has 0 N–H and O–H groups in total. The van der Waals surface area contributed by atoms with Crippen molar-refractivity contribution in [3.63, 3.8) is 0 Å². The molecule has 0 atom stereocenters. The molecule has 0 aromatic heterocycles. The fourth-order valence-corrected chi connectivity index (χ4v) is 9.47. The van der Waals surface area contributed by atoms with Crippen molar-refractivity contribution >= 4 is 14.7 Å². The van der Waals surface area contributed by atoms with Gasteiger partial charge in [0.05, 0.1) is 0 Å². The molecule has 0 bridgehead atoms. The molecule has 0 heterocycles. The molecule has 0 rings (SSSR count). The number of unbranched alkanes of at least 4 members (excludes halogenated alkanes) is 20. The molecule has 0 saturated carbocycles. The topological polar surface area (TPSA) is 52.6 Å². The lowest BCUT2D eigenvalue weighted by atomic mass is 10.1. The number of hydrogen-bond donors (Lipinski definition) is 0. The van der Waals surface area contributed by atoms with Crippen molar-refractivity contribution in [1.82, 2.24) is 0 Å². The smallest absolute Gasteiger partial charge is 0.247 e. The van der Waals surface area contributed by atoms with Crippen molar-refractivity contribution in [2.45, 2.75) is 182 Å². The maximum absolute atomic E-state index is 13.7. The van der Waals surface area contributed by atoms with E-state index in [1.54, 1.807) is 0 Å². The Morgan fingerprint density at radius 3 is 0.775 bits per heavy atom. The molecule has 0 radical (unpaired) electrons. The fourth-order valence-electron chi connectivity index (χ4n) is 5.24. The van der Waals surface area contributed by atoms with Crippen LogP contribution in [0.25, 0.3) is 0 Å². The molecular weight excluding hydrogens is 534 g/mol. The Hall–Kier alpha value is -0.200. The summed E-state index contributed by atoms with van der Waals surface area (Å²) in [6.07, 6.45) is 33.8. The van der Waals surface area contributed by atoms with Crippen molar-refractivity contribution in [3.05, 3.63) is 12.5 Å². The molecule has 6 heteroatoms. The molecule has 0 saturated heterocycles. The zero-order valence-corrected chi connectivity index (χ0v) is 29.3. The van der Waals surface area contributed by atoms with Gasteiger partial charge in [-0.2, -0.15) is 0 Å². The summed E-state index contributed by atoms with van der Waals surface area (Å²) < 4.78 is 39.3. The Kier molecular flexibility index (Phi) is 28.8. The normalized spacial score (nSPS) is 12.4. The monoisotopic (exact) mass is 604 g/mol. The summed E-state index contributed by atoms with van der Waals surface area (Å²) in [5, 5.41) is 0. The number of rotatable bonds is 32. The molecule has 0 unspecified atom stereocenters. The molecule has 240 valence electrons. The van der Waals surface area contributed by atoms with Crippen molar-refractivity contribution < 1.29 is 18.2 Å². The van der Waals surface area contributed by atoms with E-state index in [2.05, 4.69) is 27.7 Å². The summed E-state index contributed by atoms with van der Waals surface area (Å²) in [7, 11) is -5.49. The van der Waals surface area contributed by atoms with Crippen LogP contribution in [0.15, 0.2) is 12.5 Å². The Balaban J connectivity index is 4.90. The van der Waals surface area contributed by atoms with Gasteiger partial charge in [0.25, 0.3) is 0 Å². The van der Waals surface area contributed by atoms with Gasteiger partial charge in [0.15, 0.2) is 0 Å². The van der Waals surface area contributed by atoms with Crippen LogP contribution >= 0.6 is 14.7 Å². The zero-order chi connectivity index (χ0) is 29.6. The molecular formula is C34H70O4P2. The highest BCUT2D eigenvalue weighted by molar-refractivity contribution is 7.59. The van der Waals surface area contributed by atoms with Crippen LogP contribution < -0.4 is 0 Å². The minimum atomic E-state index is -2.74. The van der Waals surface area contributed by atoms with E-state index in [1.165, 1.54) is 115 Å². The number of hydrogen-bond acceptors (Lipinski definition) is 4. The van der Waals surface area contributed by atoms with E-state index in [-0.39, 0.29) is 0 Å². The van der Waals surface area contributed by atoms with E-state index in [0.29, 0.717) is 24.6 Å². The third-order valence-corrected chi connectivity index (χ3v) is 13.0. The first-order valence-corrected chi connectivity index (χ1v) is 21.6. The molecule has 0 spiro atoms. The zero-order valence-electron chi connectivity index (χ0n) is 27.5. The largest absolute Gasteiger partial charge is 0.447 e. The lowest BCUT2D eigenvalue weighted by Gasteiger charge is -2.19. The first-order chi connectivity index (χ1) is 19.4. The van der Waals surface area contributed by atoms with Gasteiger partial charge in [-0.25, -0.2) is 0 Å². The standard InChI is InChI=1S/C34H70O4P2/c1-5-9-13-17-21-25-31-39(35,32-26-22-18-14-10-6-2)37-29-30-38-40(36,33-27-23-19-15-11-7-3)34-28-24-20-16-12-8-4/h29-30H,5-28,31-34H2,1-4H3. The van der Waals surface area contributed by atoms with Crippen LogP contribution in [0.4, 0.5) is 0 Å². The molecule has 0 aliphatic rings. The lowest BCUT2D eigenvalue weighted by Crippen LogP contribution is -2.00. The second-order valence-electron chi connectivity index (χ2n) is 12.1. The lowest BCUT2D eigenvalue weighted by molar-refractivity contribution is 0.393. The van der Waals surface area contributed by atoms with Crippen molar-refractivity contribution in [2.24, 2.45) is 0 Å². The summed E-state index contributed by atoms with van der Waals surface area (Å²) in [5.74, 6) is 0. The average Bonchev–Trinajstić information content (AvgIpc) is 2.95. The molecule has 0 fully saturated rings. The van der Waals surface area contributed by atoms with Gasteiger partial charge in [-0.15, -0.1) is 0 Å². The van der Waals surface area contributed by atoms with E-state index < -0.39 is 14.7 Å². The Labute approximate surface area is 251 Å². The second kappa shape index (κ2) is 28.9. The van der Waals surface area contributed by atoms with E-state index in [9.17, 15) is 9.13 Å². The summed E-state index contributed by atoms with van der Waals surface area (Å²) in [6, 6.07) is 0. The summed E-state index contributed by atoms with van der Waals surface area (Å²) in [4.78, 5) is 0. The van der Waals surface area contributed by atoms with Crippen LogP contribution in [0.1, 0.15) is 182 Å². The fraction of sp³-hybridized carbons (Fsp3) is 0.941. The first kappa shape index (κ1) is 39.8. The summed E-state index contributed by atoms with van der Waals surface area (Å²) in [5.41, 5.74) is 0. The van der Waals surface area contributed by atoms with E-state index in [1.807, 2.05) is 0 Å². The van der Waals surface area contributed by atoms with Crippen LogP contribution in [0.2, 0.25) is 0 Å². The predicted molar refractivity (Wildman–Crippen MR) is 179 cm³/mol. The van der Waals surface area contributed by atoms with Crippen LogP contribution in [0.5, 0.6) is 0 Å². The predicted octanol–water partition coefficient (Wildman–Crippen LogP) is 13.5. The Morgan fingerprint density at radius 1 is 0.350 bits per heavy atom. The third-order valence-electron chi connectivity index (χ3n) is 7.97. The van der Waals surface area contributed by atoms with Gasteiger partial charge in [-0.05, 0) is 25.7 Å². The van der Waals surface area contributed by atoms with Gasteiger partial charge in [0.1, 0.15) is 12.5 Å². The van der Waals surface area contributed by atoms with Gasteiger partial charge < -0.3 is 9.05 Å². The Bertz CT molecular complexity index is 556. The highest BCUT2D eigenvalue weighted by Gasteiger charge is 2.24. The van der Waals surface area contributed by atoms with Crippen LogP contribution in [-0.4, -0.2) is 24.6 Å². The molecule has 0 amide bonds. The van der Waals surface area contributed by atoms with Gasteiger partial charge >= 0.3 is 0 Å². The third kappa shape index (κ3) is 25.5.